The summed E-state index contributed by atoms with van der Waals surface area (Å²) in [6.07, 6.45) is 0.544. The first kappa shape index (κ1) is 15.4. The van der Waals surface area contributed by atoms with Crippen LogP contribution in [0.5, 0.6) is 0 Å². The second kappa shape index (κ2) is 6.88. The number of ether oxygens (including phenoxy) is 1. The molecule has 0 radical (unpaired) electrons. The largest absolute Gasteiger partial charge is 0.480 e. The van der Waals surface area contributed by atoms with Crippen LogP contribution in [0, 0.1) is 0 Å². The fraction of sp³-hybridized carbons (Fsp3) is 0.636. The van der Waals surface area contributed by atoms with E-state index in [2.05, 4.69) is 16.6 Å². The Morgan fingerprint density at radius 3 is 2.59 bits per heavy atom. The first-order valence-corrected chi connectivity index (χ1v) is 5.22. The van der Waals surface area contributed by atoms with E-state index >= 15 is 0 Å². The van der Waals surface area contributed by atoms with Crippen LogP contribution in [0.2, 0.25) is 0 Å². The smallest absolute Gasteiger partial charge is 0.408 e. The summed E-state index contributed by atoms with van der Waals surface area (Å²) >= 11 is 0. The number of alkyl halides is 1. The molecule has 98 valence electrons. The summed E-state index contributed by atoms with van der Waals surface area (Å²) in [4.78, 5) is 21.9. The Balaban J connectivity index is 4.20. The molecule has 1 amide bonds. The average molecular weight is 247 g/mol. The van der Waals surface area contributed by atoms with E-state index in [-0.39, 0.29) is 19.4 Å². The first-order valence-electron chi connectivity index (χ1n) is 5.22. The average Bonchev–Trinajstić information content (AvgIpc) is 2.19. The van der Waals surface area contributed by atoms with Crippen molar-refractivity contribution in [2.45, 2.75) is 38.4 Å². The van der Waals surface area contributed by atoms with E-state index in [0.717, 1.165) is 0 Å². The molecule has 0 saturated carbocycles. The van der Waals surface area contributed by atoms with Crippen molar-refractivity contribution in [3.05, 3.63) is 12.7 Å². The number of carbonyl (C=O) groups is 2. The van der Waals surface area contributed by atoms with Gasteiger partial charge in [-0.05, 0) is 26.7 Å². The molecular formula is C11H18FNO4. The third kappa shape index (κ3) is 8.24. The molecule has 0 spiro atoms. The van der Waals surface area contributed by atoms with Crippen LogP contribution in [-0.2, 0) is 9.53 Å². The highest BCUT2D eigenvalue weighted by atomic mass is 19.1. The number of carboxylic acids is 1. The van der Waals surface area contributed by atoms with Crippen LogP contribution in [0.25, 0.3) is 0 Å². The summed E-state index contributed by atoms with van der Waals surface area (Å²) in [6.45, 7) is 6.04. The molecule has 0 unspecified atom stereocenters. The van der Waals surface area contributed by atoms with Gasteiger partial charge < -0.3 is 15.2 Å². The maximum atomic E-state index is 13.2. The van der Waals surface area contributed by atoms with Gasteiger partial charge in [-0.15, -0.1) is 0 Å². The zero-order chi connectivity index (χ0) is 13.5. The van der Waals surface area contributed by atoms with Gasteiger partial charge in [0.1, 0.15) is 18.3 Å². The monoisotopic (exact) mass is 247 g/mol. The third-order valence-corrected chi connectivity index (χ3v) is 1.95. The lowest BCUT2D eigenvalue weighted by Gasteiger charge is -2.18. The zero-order valence-electron chi connectivity index (χ0n) is 10.0. The van der Waals surface area contributed by atoms with Crippen molar-refractivity contribution < 1.29 is 23.8 Å². The number of aliphatic carboxylic acids is 1. The van der Waals surface area contributed by atoms with Gasteiger partial charge in [-0.3, -0.25) is 0 Å². The molecule has 6 heteroatoms. The van der Waals surface area contributed by atoms with Gasteiger partial charge in [-0.1, -0.05) is 12.7 Å². The summed E-state index contributed by atoms with van der Waals surface area (Å²) in [5, 5.41) is 11.0. The van der Waals surface area contributed by atoms with Gasteiger partial charge in [-0.2, -0.15) is 0 Å². The van der Waals surface area contributed by atoms with Crippen molar-refractivity contribution in [1.82, 2.24) is 5.32 Å². The number of alkyl carbamates (subject to hydrolysis) is 1. The second-order valence-corrected chi connectivity index (χ2v) is 4.18. The van der Waals surface area contributed by atoms with Gasteiger partial charge in [0.15, 0.2) is 0 Å². The van der Waals surface area contributed by atoms with E-state index in [1.54, 1.807) is 0 Å². The van der Waals surface area contributed by atoms with E-state index in [0.29, 0.717) is 0 Å². The summed E-state index contributed by atoms with van der Waals surface area (Å²) in [6, 6.07) is -1.15. The van der Waals surface area contributed by atoms with E-state index in [9.17, 15) is 14.0 Å². The molecule has 0 aliphatic heterocycles. The van der Waals surface area contributed by atoms with Crippen molar-refractivity contribution in [3.63, 3.8) is 0 Å². The highest BCUT2D eigenvalue weighted by Gasteiger charge is 2.24. The van der Waals surface area contributed by atoms with Gasteiger partial charge >= 0.3 is 12.1 Å². The maximum absolute atomic E-state index is 13.2. The first-order chi connectivity index (χ1) is 7.76. The Labute approximate surface area is 99.6 Å². The number of carboxylic acid groups (broad SMARTS) is 1. The van der Waals surface area contributed by atoms with Crippen LogP contribution in [-0.4, -0.2) is 35.5 Å². The number of rotatable bonds is 7. The van der Waals surface area contributed by atoms with Crippen molar-refractivity contribution in [3.8, 4) is 0 Å². The van der Waals surface area contributed by atoms with Crippen LogP contribution in [0.3, 0.4) is 0 Å². The maximum Gasteiger partial charge on any atom is 0.408 e. The second-order valence-electron chi connectivity index (χ2n) is 4.18. The number of hydrogen-bond donors (Lipinski definition) is 2. The van der Waals surface area contributed by atoms with Gasteiger partial charge in [0.25, 0.3) is 0 Å². The topological polar surface area (TPSA) is 75.6 Å². The minimum absolute atomic E-state index is 0.00201. The van der Waals surface area contributed by atoms with Gasteiger partial charge in [0.05, 0.1) is 0 Å². The molecule has 0 heterocycles. The Kier molecular flexibility index (Phi) is 6.23. The fourth-order valence-corrected chi connectivity index (χ4v) is 1.06. The molecule has 0 aliphatic rings. The van der Waals surface area contributed by atoms with Crippen molar-refractivity contribution in [2.24, 2.45) is 0 Å². The molecule has 0 rings (SSSR count). The van der Waals surface area contributed by atoms with Gasteiger partial charge in [0.2, 0.25) is 0 Å². The van der Waals surface area contributed by atoms with Crippen LogP contribution < -0.4 is 5.32 Å². The Morgan fingerprint density at radius 2 is 2.18 bits per heavy atom. The number of hydrogen-bond acceptors (Lipinski definition) is 3. The number of carbonyl (C=O) groups excluding carboxylic acids is 1. The van der Waals surface area contributed by atoms with E-state index in [4.69, 9.17) is 5.11 Å². The molecule has 0 fully saturated rings. The van der Waals surface area contributed by atoms with Crippen molar-refractivity contribution in [1.29, 1.82) is 0 Å². The zero-order valence-corrected chi connectivity index (χ0v) is 10.0. The lowest BCUT2D eigenvalue weighted by molar-refractivity contribution is -0.139. The predicted octanol–water partition coefficient (Wildman–Crippen LogP) is 1.88. The highest BCUT2D eigenvalue weighted by Crippen LogP contribution is 2.17. The summed E-state index contributed by atoms with van der Waals surface area (Å²) in [5.74, 6) is -1.22. The van der Waals surface area contributed by atoms with E-state index < -0.39 is 23.8 Å². The molecule has 2 N–H and O–H groups in total. The SMILES string of the molecule is C=CCOC(=O)N[C@@H](CCC(C)(C)F)C(=O)O. The van der Waals surface area contributed by atoms with Crippen LogP contribution in [0.15, 0.2) is 12.7 Å². The molecular weight excluding hydrogens is 229 g/mol. The van der Waals surface area contributed by atoms with Crippen LogP contribution >= 0.6 is 0 Å². The number of amides is 1. The molecule has 17 heavy (non-hydrogen) atoms. The molecule has 0 aromatic carbocycles. The lowest BCUT2D eigenvalue weighted by atomic mass is 10.0. The van der Waals surface area contributed by atoms with Crippen LogP contribution in [0.4, 0.5) is 9.18 Å². The highest BCUT2D eigenvalue weighted by molar-refractivity contribution is 5.79. The lowest BCUT2D eigenvalue weighted by Crippen LogP contribution is -2.41. The molecule has 0 bridgehead atoms. The standard InChI is InChI=1S/C11H18FNO4/c1-4-7-17-10(16)13-8(9(14)15)5-6-11(2,3)12/h4,8H,1,5-7H2,2-3H3,(H,13,16)(H,14,15)/t8-/m0/s1. The minimum atomic E-state index is -1.47. The van der Waals surface area contributed by atoms with Crippen molar-refractivity contribution in [2.75, 3.05) is 6.61 Å². The fourth-order valence-electron chi connectivity index (χ4n) is 1.06. The predicted molar refractivity (Wildman–Crippen MR) is 60.5 cm³/mol. The Hall–Kier alpha value is -1.59. The molecule has 1 atom stereocenters. The van der Waals surface area contributed by atoms with Crippen molar-refractivity contribution >= 4 is 12.1 Å². The Morgan fingerprint density at radius 1 is 1.59 bits per heavy atom. The quantitative estimate of drug-likeness (QED) is 0.673. The summed E-state index contributed by atoms with van der Waals surface area (Å²) < 4.78 is 17.8. The molecule has 0 aliphatic carbocycles. The van der Waals surface area contributed by atoms with E-state index in [1.165, 1.54) is 19.9 Å². The van der Waals surface area contributed by atoms with E-state index in [1.807, 2.05) is 0 Å². The van der Waals surface area contributed by atoms with Gasteiger partial charge in [-0.25, -0.2) is 14.0 Å². The normalized spacial score (nSPS) is 12.6. The molecule has 5 nitrogen and oxygen atoms in total. The van der Waals surface area contributed by atoms with Crippen LogP contribution in [0.1, 0.15) is 26.7 Å². The Bertz CT molecular complexity index is 286. The minimum Gasteiger partial charge on any atom is -0.480 e. The number of nitrogens with one attached hydrogen (secondary N) is 1. The van der Waals surface area contributed by atoms with Gasteiger partial charge in [0, 0.05) is 0 Å². The summed E-state index contributed by atoms with van der Waals surface area (Å²) in [7, 11) is 0. The molecule has 0 aromatic rings. The summed E-state index contributed by atoms with van der Waals surface area (Å²) in [5.41, 5.74) is -1.47. The molecule has 0 aromatic heterocycles. The number of halogens is 1. The molecule has 0 saturated heterocycles. The third-order valence-electron chi connectivity index (χ3n) is 1.95.